The van der Waals surface area contributed by atoms with Gasteiger partial charge in [0.1, 0.15) is 0 Å². The lowest BCUT2D eigenvalue weighted by Gasteiger charge is -2.18. The first-order valence-electron chi connectivity index (χ1n) is 6.94. The molecule has 5 nitrogen and oxygen atoms in total. The average molecular weight is 349 g/mol. The molecular formula is C16H17ClN4OS. The van der Waals surface area contributed by atoms with Crippen molar-refractivity contribution >= 4 is 29.3 Å². The summed E-state index contributed by atoms with van der Waals surface area (Å²) in [7, 11) is 0. The largest absolute Gasteiger partial charge is 0.335 e. The molecule has 1 aromatic heterocycles. The highest BCUT2D eigenvalue weighted by molar-refractivity contribution is 7.99. The average Bonchev–Trinajstić information content (AvgIpc) is 3.02. The second kappa shape index (κ2) is 8.55. The Morgan fingerprint density at radius 1 is 1.26 bits per heavy atom. The van der Waals surface area contributed by atoms with Crippen molar-refractivity contribution in [3.63, 3.8) is 0 Å². The number of carbonyl (C=O) groups is 1. The van der Waals surface area contributed by atoms with Crippen molar-refractivity contribution in [2.75, 3.05) is 18.8 Å². The van der Waals surface area contributed by atoms with E-state index in [0.29, 0.717) is 29.1 Å². The Balaban J connectivity index is 1.96. The van der Waals surface area contributed by atoms with Gasteiger partial charge in [0, 0.05) is 23.7 Å². The summed E-state index contributed by atoms with van der Waals surface area (Å²) in [6.45, 7) is 8.30. The fourth-order valence-electron chi connectivity index (χ4n) is 1.86. The third kappa shape index (κ3) is 4.97. The van der Waals surface area contributed by atoms with Gasteiger partial charge >= 0.3 is 0 Å². The number of amides is 1. The smallest absolute Gasteiger partial charge is 0.233 e. The lowest BCUT2D eigenvalue weighted by Crippen LogP contribution is -2.32. The van der Waals surface area contributed by atoms with Gasteiger partial charge in [0.15, 0.2) is 5.82 Å². The monoisotopic (exact) mass is 348 g/mol. The molecule has 120 valence electrons. The molecule has 1 N–H and O–H groups in total. The Morgan fingerprint density at radius 2 is 1.91 bits per heavy atom. The molecule has 0 bridgehead atoms. The fraction of sp³-hybridized carbons (Fsp3) is 0.188. The first-order chi connectivity index (χ1) is 11.1. The van der Waals surface area contributed by atoms with Crippen LogP contribution in [0.25, 0.3) is 11.4 Å². The summed E-state index contributed by atoms with van der Waals surface area (Å²) < 4.78 is 0. The minimum absolute atomic E-state index is 0.00681. The minimum atomic E-state index is -0.00681. The van der Waals surface area contributed by atoms with Crippen LogP contribution in [0.15, 0.2) is 54.7 Å². The highest BCUT2D eigenvalue weighted by atomic mass is 35.5. The van der Waals surface area contributed by atoms with Crippen molar-refractivity contribution in [1.29, 1.82) is 0 Å². The van der Waals surface area contributed by atoms with Gasteiger partial charge in [-0.25, -0.2) is 4.98 Å². The van der Waals surface area contributed by atoms with Crippen molar-refractivity contribution in [1.82, 2.24) is 20.1 Å². The van der Waals surface area contributed by atoms with Gasteiger partial charge in [-0.3, -0.25) is 9.89 Å². The van der Waals surface area contributed by atoms with E-state index in [4.69, 9.17) is 11.6 Å². The van der Waals surface area contributed by atoms with E-state index in [9.17, 15) is 4.79 Å². The summed E-state index contributed by atoms with van der Waals surface area (Å²) in [4.78, 5) is 18.2. The Labute approximate surface area is 144 Å². The summed E-state index contributed by atoms with van der Waals surface area (Å²) in [5.74, 6) is 0.901. The minimum Gasteiger partial charge on any atom is -0.335 e. The fourth-order valence-corrected chi connectivity index (χ4v) is 2.68. The number of aromatic nitrogens is 3. The van der Waals surface area contributed by atoms with Crippen LogP contribution in [0.2, 0.25) is 5.02 Å². The third-order valence-corrected chi connectivity index (χ3v) is 4.04. The van der Waals surface area contributed by atoms with Gasteiger partial charge in [-0.1, -0.05) is 35.5 Å². The van der Waals surface area contributed by atoms with Crippen molar-refractivity contribution in [2.45, 2.75) is 5.16 Å². The molecule has 1 heterocycles. The molecular weight excluding hydrogens is 332 g/mol. The molecule has 0 saturated heterocycles. The van der Waals surface area contributed by atoms with E-state index in [-0.39, 0.29) is 11.7 Å². The van der Waals surface area contributed by atoms with E-state index in [1.165, 1.54) is 11.8 Å². The standard InChI is InChI=1S/C16H17ClN4OS/c1-3-9-21(10-4-2)14(22)11-23-16-18-15(19-20-16)12-5-7-13(17)8-6-12/h3-8H,1-2,9-11H2,(H,18,19,20). The molecule has 1 aromatic carbocycles. The molecule has 1 amide bonds. The third-order valence-electron chi connectivity index (χ3n) is 2.96. The van der Waals surface area contributed by atoms with E-state index in [2.05, 4.69) is 28.3 Å². The molecule has 0 unspecified atom stereocenters. The number of aromatic amines is 1. The van der Waals surface area contributed by atoms with Gasteiger partial charge < -0.3 is 4.90 Å². The number of hydrogen-bond acceptors (Lipinski definition) is 4. The summed E-state index contributed by atoms with van der Waals surface area (Å²) in [6, 6.07) is 7.30. The topological polar surface area (TPSA) is 61.9 Å². The van der Waals surface area contributed by atoms with Crippen LogP contribution in [0, 0.1) is 0 Å². The highest BCUT2D eigenvalue weighted by Gasteiger charge is 2.13. The first kappa shape index (κ1) is 17.3. The van der Waals surface area contributed by atoms with E-state index in [1.807, 2.05) is 12.1 Å². The van der Waals surface area contributed by atoms with Crippen molar-refractivity contribution in [2.24, 2.45) is 0 Å². The van der Waals surface area contributed by atoms with E-state index in [1.54, 1.807) is 29.2 Å². The van der Waals surface area contributed by atoms with Gasteiger partial charge in [-0.05, 0) is 24.3 Å². The number of hydrogen-bond donors (Lipinski definition) is 1. The summed E-state index contributed by atoms with van der Waals surface area (Å²) in [6.07, 6.45) is 3.38. The number of thioether (sulfide) groups is 1. The molecule has 0 aliphatic heterocycles. The predicted molar refractivity (Wildman–Crippen MR) is 94.5 cm³/mol. The van der Waals surface area contributed by atoms with Gasteiger partial charge in [-0.15, -0.1) is 18.3 Å². The van der Waals surface area contributed by atoms with Crippen LogP contribution in [0.3, 0.4) is 0 Å². The van der Waals surface area contributed by atoms with Crippen molar-refractivity contribution in [3.05, 3.63) is 54.6 Å². The predicted octanol–water partition coefficient (Wildman–Crippen LogP) is 3.42. The molecule has 0 radical (unpaired) electrons. The van der Waals surface area contributed by atoms with E-state index in [0.717, 1.165) is 5.56 Å². The number of halogens is 1. The molecule has 0 saturated carbocycles. The van der Waals surface area contributed by atoms with Crippen LogP contribution in [0.5, 0.6) is 0 Å². The van der Waals surface area contributed by atoms with Gasteiger partial charge in [0.2, 0.25) is 11.1 Å². The van der Waals surface area contributed by atoms with Crippen LogP contribution in [0.1, 0.15) is 0 Å². The van der Waals surface area contributed by atoms with Gasteiger partial charge in [0.25, 0.3) is 0 Å². The molecule has 7 heteroatoms. The molecule has 0 aliphatic rings. The maximum absolute atomic E-state index is 12.1. The number of nitrogens with one attached hydrogen (secondary N) is 1. The Morgan fingerprint density at radius 3 is 2.52 bits per heavy atom. The first-order valence-corrected chi connectivity index (χ1v) is 8.31. The second-order valence-electron chi connectivity index (χ2n) is 4.64. The van der Waals surface area contributed by atoms with Crippen LogP contribution in [0.4, 0.5) is 0 Å². The van der Waals surface area contributed by atoms with Crippen LogP contribution < -0.4 is 0 Å². The van der Waals surface area contributed by atoms with Gasteiger partial charge in [-0.2, -0.15) is 0 Å². The molecule has 23 heavy (non-hydrogen) atoms. The Hall–Kier alpha value is -2.05. The zero-order valence-electron chi connectivity index (χ0n) is 12.5. The van der Waals surface area contributed by atoms with Crippen LogP contribution >= 0.6 is 23.4 Å². The van der Waals surface area contributed by atoms with Crippen molar-refractivity contribution < 1.29 is 4.79 Å². The number of rotatable bonds is 8. The number of carbonyl (C=O) groups excluding carboxylic acids is 1. The zero-order chi connectivity index (χ0) is 16.7. The van der Waals surface area contributed by atoms with E-state index < -0.39 is 0 Å². The maximum atomic E-state index is 12.1. The lowest BCUT2D eigenvalue weighted by molar-refractivity contribution is -0.127. The molecule has 2 rings (SSSR count). The van der Waals surface area contributed by atoms with Gasteiger partial charge in [0.05, 0.1) is 5.75 Å². The zero-order valence-corrected chi connectivity index (χ0v) is 14.1. The SMILES string of the molecule is C=CCN(CC=C)C(=O)CSc1n[nH]c(-c2ccc(Cl)cc2)n1. The number of benzene rings is 1. The molecule has 0 fully saturated rings. The summed E-state index contributed by atoms with van der Waals surface area (Å²) in [5.41, 5.74) is 0.889. The Bertz CT molecular complexity index is 674. The molecule has 0 atom stereocenters. The highest BCUT2D eigenvalue weighted by Crippen LogP contribution is 2.21. The lowest BCUT2D eigenvalue weighted by atomic mass is 10.2. The second-order valence-corrected chi connectivity index (χ2v) is 6.02. The quantitative estimate of drug-likeness (QED) is 0.586. The van der Waals surface area contributed by atoms with E-state index >= 15 is 0 Å². The van der Waals surface area contributed by atoms with Crippen LogP contribution in [-0.4, -0.2) is 44.8 Å². The Kier molecular flexibility index (Phi) is 6.43. The number of H-pyrrole nitrogens is 1. The van der Waals surface area contributed by atoms with Crippen LogP contribution in [-0.2, 0) is 4.79 Å². The maximum Gasteiger partial charge on any atom is 0.233 e. The summed E-state index contributed by atoms with van der Waals surface area (Å²) >= 11 is 7.15. The normalized spacial score (nSPS) is 10.3. The molecule has 0 spiro atoms. The van der Waals surface area contributed by atoms with Crippen molar-refractivity contribution in [3.8, 4) is 11.4 Å². The summed E-state index contributed by atoms with van der Waals surface area (Å²) in [5, 5.41) is 8.18. The number of nitrogens with zero attached hydrogens (tertiary/aromatic N) is 3. The molecule has 0 aliphatic carbocycles. The molecule has 2 aromatic rings.